The van der Waals surface area contributed by atoms with Crippen LogP contribution in [0.2, 0.25) is 0 Å². The number of nitrogens with zero attached hydrogens (tertiary/aromatic N) is 7. The molecule has 3 heterocycles. The van der Waals surface area contributed by atoms with Crippen molar-refractivity contribution < 1.29 is 9.53 Å². The van der Waals surface area contributed by atoms with Gasteiger partial charge in [-0.3, -0.25) is 0 Å². The van der Waals surface area contributed by atoms with Crippen LogP contribution in [0.3, 0.4) is 0 Å². The lowest BCUT2D eigenvalue weighted by Gasteiger charge is -2.09. The SMILES string of the molecule is CCn1ncc2c(C(=O)Oc3ccc(-n4cnnn4)cc3)cc(-c3ccccc3)nc21. The zero-order valence-corrected chi connectivity index (χ0v) is 16.6. The van der Waals surface area contributed by atoms with E-state index in [4.69, 9.17) is 9.72 Å². The second-order valence-electron chi connectivity index (χ2n) is 6.76. The van der Waals surface area contributed by atoms with Gasteiger partial charge in [0.2, 0.25) is 0 Å². The summed E-state index contributed by atoms with van der Waals surface area (Å²) in [6.45, 7) is 2.62. The van der Waals surface area contributed by atoms with Crippen LogP contribution in [0.1, 0.15) is 17.3 Å². The third-order valence-corrected chi connectivity index (χ3v) is 4.86. The Hall–Kier alpha value is -4.40. The Morgan fingerprint density at radius 1 is 1.06 bits per heavy atom. The Morgan fingerprint density at radius 2 is 1.87 bits per heavy atom. The van der Waals surface area contributed by atoms with Gasteiger partial charge in [0.25, 0.3) is 0 Å². The van der Waals surface area contributed by atoms with Crippen LogP contribution in [-0.2, 0) is 6.54 Å². The first kappa shape index (κ1) is 18.6. The molecule has 3 aromatic heterocycles. The molecule has 0 N–H and O–H groups in total. The number of fused-ring (bicyclic) bond motifs is 1. The standard InChI is InChI=1S/C22H17N7O2/c1-2-28-21-19(13-24-28)18(12-20(25-21)15-6-4-3-5-7-15)22(30)31-17-10-8-16(9-11-17)29-14-23-26-27-29/h3-14H,2H2,1H3. The molecule has 152 valence electrons. The molecule has 0 aliphatic heterocycles. The van der Waals surface area contributed by atoms with Gasteiger partial charge in [-0.05, 0) is 47.7 Å². The van der Waals surface area contributed by atoms with E-state index >= 15 is 0 Å². The average Bonchev–Trinajstić information content (AvgIpc) is 3.49. The Kier molecular flexibility index (Phi) is 4.68. The van der Waals surface area contributed by atoms with E-state index in [9.17, 15) is 4.79 Å². The molecule has 0 spiro atoms. The first-order valence-corrected chi connectivity index (χ1v) is 9.70. The number of esters is 1. The fraction of sp³-hybridized carbons (Fsp3) is 0.0909. The maximum atomic E-state index is 13.1. The minimum Gasteiger partial charge on any atom is -0.423 e. The average molecular weight is 411 g/mol. The summed E-state index contributed by atoms with van der Waals surface area (Å²) in [6, 6.07) is 18.4. The number of carbonyl (C=O) groups excluding carboxylic acids is 1. The van der Waals surface area contributed by atoms with Crippen LogP contribution in [0, 0.1) is 0 Å². The molecular weight excluding hydrogens is 394 g/mol. The van der Waals surface area contributed by atoms with Gasteiger partial charge in [0.15, 0.2) is 5.65 Å². The van der Waals surface area contributed by atoms with Crippen LogP contribution >= 0.6 is 0 Å². The van der Waals surface area contributed by atoms with Crippen LogP contribution in [0.15, 0.2) is 73.2 Å². The van der Waals surface area contributed by atoms with Crippen molar-refractivity contribution in [1.29, 1.82) is 0 Å². The number of hydrogen-bond donors (Lipinski definition) is 0. The second-order valence-corrected chi connectivity index (χ2v) is 6.76. The van der Waals surface area contributed by atoms with E-state index in [0.29, 0.717) is 34.6 Å². The molecule has 0 saturated heterocycles. The molecule has 0 radical (unpaired) electrons. The second kappa shape index (κ2) is 7.79. The van der Waals surface area contributed by atoms with Crippen molar-refractivity contribution in [3.63, 3.8) is 0 Å². The van der Waals surface area contributed by atoms with Crippen molar-refractivity contribution >= 4 is 17.0 Å². The van der Waals surface area contributed by atoms with Crippen LogP contribution in [0.5, 0.6) is 5.75 Å². The summed E-state index contributed by atoms with van der Waals surface area (Å²) >= 11 is 0. The van der Waals surface area contributed by atoms with Gasteiger partial charge in [-0.2, -0.15) is 5.10 Å². The van der Waals surface area contributed by atoms with E-state index < -0.39 is 5.97 Å². The third-order valence-electron chi connectivity index (χ3n) is 4.86. The highest BCUT2D eigenvalue weighted by Crippen LogP contribution is 2.26. The van der Waals surface area contributed by atoms with Gasteiger partial charge in [-0.1, -0.05) is 30.3 Å². The lowest BCUT2D eigenvalue weighted by molar-refractivity contribution is 0.0737. The normalized spacial score (nSPS) is 11.0. The molecular formula is C22H17N7O2. The predicted molar refractivity (Wildman–Crippen MR) is 113 cm³/mol. The Morgan fingerprint density at radius 3 is 2.58 bits per heavy atom. The molecule has 0 saturated carbocycles. The molecule has 9 nitrogen and oxygen atoms in total. The van der Waals surface area contributed by atoms with Crippen LogP contribution in [0.25, 0.3) is 28.0 Å². The number of ether oxygens (including phenoxy) is 1. The van der Waals surface area contributed by atoms with Crippen molar-refractivity contribution in [2.45, 2.75) is 13.5 Å². The maximum absolute atomic E-state index is 13.1. The van der Waals surface area contributed by atoms with Gasteiger partial charge in [-0.25, -0.2) is 19.1 Å². The zero-order chi connectivity index (χ0) is 21.2. The summed E-state index contributed by atoms with van der Waals surface area (Å²) < 4.78 is 8.93. The maximum Gasteiger partial charge on any atom is 0.344 e. The number of aromatic nitrogens is 7. The molecule has 31 heavy (non-hydrogen) atoms. The molecule has 0 atom stereocenters. The number of tetrazole rings is 1. The number of pyridine rings is 1. The van der Waals surface area contributed by atoms with Crippen molar-refractivity contribution in [2.75, 3.05) is 0 Å². The van der Waals surface area contributed by atoms with Gasteiger partial charge < -0.3 is 4.74 Å². The molecule has 0 unspecified atom stereocenters. The van der Waals surface area contributed by atoms with E-state index in [2.05, 4.69) is 20.6 Å². The molecule has 9 heteroatoms. The molecule has 0 amide bonds. The summed E-state index contributed by atoms with van der Waals surface area (Å²) in [4.78, 5) is 17.8. The summed E-state index contributed by atoms with van der Waals surface area (Å²) in [5.74, 6) is -0.0636. The highest BCUT2D eigenvalue weighted by molar-refractivity contribution is 6.04. The van der Waals surface area contributed by atoms with Gasteiger partial charge in [0.05, 0.1) is 28.5 Å². The minimum absolute atomic E-state index is 0.410. The molecule has 0 aliphatic carbocycles. The van der Waals surface area contributed by atoms with Crippen LogP contribution < -0.4 is 4.74 Å². The topological polar surface area (TPSA) is 101 Å². The van der Waals surface area contributed by atoms with Crippen molar-refractivity contribution in [3.05, 3.63) is 78.8 Å². The highest BCUT2D eigenvalue weighted by Gasteiger charge is 2.19. The molecule has 2 aromatic carbocycles. The third kappa shape index (κ3) is 3.52. The smallest absolute Gasteiger partial charge is 0.344 e. The van der Waals surface area contributed by atoms with Crippen LogP contribution in [0.4, 0.5) is 0 Å². The number of benzene rings is 2. The first-order chi connectivity index (χ1) is 15.2. The molecule has 0 fully saturated rings. The van der Waals surface area contributed by atoms with E-state index in [0.717, 1.165) is 11.3 Å². The zero-order valence-electron chi connectivity index (χ0n) is 16.6. The predicted octanol–water partition coefficient (Wildman–Crippen LogP) is 3.31. The van der Waals surface area contributed by atoms with Gasteiger partial charge in [-0.15, -0.1) is 5.10 Å². The van der Waals surface area contributed by atoms with Gasteiger partial charge in [0, 0.05) is 12.1 Å². The number of carbonyl (C=O) groups is 1. The van der Waals surface area contributed by atoms with Gasteiger partial charge in [0.1, 0.15) is 12.1 Å². The summed E-state index contributed by atoms with van der Waals surface area (Å²) in [6.07, 6.45) is 3.14. The summed E-state index contributed by atoms with van der Waals surface area (Å²) in [5, 5.41) is 16.1. The number of aryl methyl sites for hydroxylation is 1. The fourth-order valence-electron chi connectivity index (χ4n) is 3.31. The summed E-state index contributed by atoms with van der Waals surface area (Å²) in [5.41, 5.74) is 3.40. The van der Waals surface area contributed by atoms with Crippen molar-refractivity contribution in [1.82, 2.24) is 35.0 Å². The van der Waals surface area contributed by atoms with E-state index in [1.54, 1.807) is 41.2 Å². The largest absolute Gasteiger partial charge is 0.423 e. The monoisotopic (exact) mass is 411 g/mol. The number of hydrogen-bond acceptors (Lipinski definition) is 7. The molecule has 5 rings (SSSR count). The molecule has 5 aromatic rings. The first-order valence-electron chi connectivity index (χ1n) is 9.70. The lowest BCUT2D eigenvalue weighted by Crippen LogP contribution is -2.10. The lowest BCUT2D eigenvalue weighted by atomic mass is 10.1. The van der Waals surface area contributed by atoms with Crippen LogP contribution in [-0.4, -0.2) is 40.9 Å². The minimum atomic E-state index is -0.476. The van der Waals surface area contributed by atoms with E-state index in [-0.39, 0.29) is 0 Å². The molecule has 0 aliphatic rings. The van der Waals surface area contributed by atoms with E-state index in [1.165, 1.54) is 11.0 Å². The molecule has 0 bridgehead atoms. The van der Waals surface area contributed by atoms with Gasteiger partial charge >= 0.3 is 5.97 Å². The Labute approximate surface area is 176 Å². The Balaban J connectivity index is 1.51. The summed E-state index contributed by atoms with van der Waals surface area (Å²) in [7, 11) is 0. The van der Waals surface area contributed by atoms with Crippen molar-refractivity contribution in [2.24, 2.45) is 0 Å². The Bertz CT molecular complexity index is 1340. The fourth-order valence-corrected chi connectivity index (χ4v) is 3.31. The number of rotatable bonds is 5. The highest BCUT2D eigenvalue weighted by atomic mass is 16.5. The van der Waals surface area contributed by atoms with E-state index in [1.807, 2.05) is 37.3 Å². The van der Waals surface area contributed by atoms with Crippen molar-refractivity contribution in [3.8, 4) is 22.7 Å². The quantitative estimate of drug-likeness (QED) is 0.323.